The maximum absolute atomic E-state index is 6.44. The van der Waals surface area contributed by atoms with E-state index in [2.05, 4.69) is 56.3 Å². The number of benzene rings is 2. The second-order valence-corrected chi connectivity index (χ2v) is 5.73. The molecule has 0 aromatic heterocycles. The lowest BCUT2D eigenvalue weighted by atomic mass is 9.99. The van der Waals surface area contributed by atoms with E-state index in [1.54, 1.807) is 0 Å². The van der Waals surface area contributed by atoms with Crippen molar-refractivity contribution in [3.05, 3.63) is 70.8 Å². The highest BCUT2D eigenvalue weighted by Crippen LogP contribution is 2.26. The summed E-state index contributed by atoms with van der Waals surface area (Å²) in [6.07, 6.45) is 3.27. The first-order valence-corrected chi connectivity index (χ1v) is 7.35. The molecule has 2 aromatic carbocycles. The van der Waals surface area contributed by atoms with Crippen molar-refractivity contribution in [2.75, 3.05) is 0 Å². The summed E-state index contributed by atoms with van der Waals surface area (Å²) in [7, 11) is 0. The lowest BCUT2D eigenvalue weighted by Gasteiger charge is -2.11. The molecule has 0 radical (unpaired) electrons. The standard InChI is InChI=1S/C18H21Cl/c1-14-11-12-15(2)17(13-14)9-6-10-18(19)16-7-4-3-5-8-16/h3-5,7-8,11-13,18H,6,9-10H2,1-2H3. The van der Waals surface area contributed by atoms with Crippen LogP contribution in [-0.4, -0.2) is 0 Å². The molecule has 19 heavy (non-hydrogen) atoms. The van der Waals surface area contributed by atoms with Crippen LogP contribution in [0.3, 0.4) is 0 Å². The Labute approximate surface area is 121 Å². The second-order valence-electron chi connectivity index (χ2n) is 5.20. The van der Waals surface area contributed by atoms with Gasteiger partial charge in [-0.05, 0) is 49.8 Å². The van der Waals surface area contributed by atoms with Crippen LogP contribution in [0.2, 0.25) is 0 Å². The maximum atomic E-state index is 6.44. The van der Waals surface area contributed by atoms with Crippen molar-refractivity contribution < 1.29 is 0 Å². The topological polar surface area (TPSA) is 0 Å². The van der Waals surface area contributed by atoms with Gasteiger partial charge in [-0.1, -0.05) is 54.1 Å². The van der Waals surface area contributed by atoms with Gasteiger partial charge in [-0.25, -0.2) is 0 Å². The molecule has 100 valence electrons. The van der Waals surface area contributed by atoms with Gasteiger partial charge in [-0.3, -0.25) is 0 Å². The van der Waals surface area contributed by atoms with Crippen LogP contribution in [0.15, 0.2) is 48.5 Å². The molecule has 0 spiro atoms. The fourth-order valence-electron chi connectivity index (χ4n) is 2.37. The molecule has 2 rings (SSSR count). The van der Waals surface area contributed by atoms with Crippen LogP contribution >= 0.6 is 11.6 Å². The average molecular weight is 273 g/mol. The van der Waals surface area contributed by atoms with Gasteiger partial charge in [0.05, 0.1) is 5.38 Å². The minimum absolute atomic E-state index is 0.131. The number of rotatable bonds is 5. The molecule has 0 N–H and O–H groups in total. The highest BCUT2D eigenvalue weighted by atomic mass is 35.5. The molecule has 0 heterocycles. The van der Waals surface area contributed by atoms with Gasteiger partial charge in [0.15, 0.2) is 0 Å². The van der Waals surface area contributed by atoms with E-state index in [-0.39, 0.29) is 5.38 Å². The maximum Gasteiger partial charge on any atom is 0.0585 e. The summed E-state index contributed by atoms with van der Waals surface area (Å²) < 4.78 is 0. The van der Waals surface area contributed by atoms with Gasteiger partial charge in [-0.2, -0.15) is 0 Å². The minimum atomic E-state index is 0.131. The van der Waals surface area contributed by atoms with Gasteiger partial charge >= 0.3 is 0 Å². The SMILES string of the molecule is Cc1ccc(C)c(CCCC(Cl)c2ccccc2)c1. The van der Waals surface area contributed by atoms with Crippen LogP contribution in [0.1, 0.15) is 40.5 Å². The highest BCUT2D eigenvalue weighted by molar-refractivity contribution is 6.20. The number of alkyl halides is 1. The Morgan fingerprint density at radius 1 is 1.00 bits per heavy atom. The molecule has 0 bridgehead atoms. The van der Waals surface area contributed by atoms with E-state index in [0.717, 1.165) is 19.3 Å². The van der Waals surface area contributed by atoms with Crippen LogP contribution in [-0.2, 0) is 6.42 Å². The monoisotopic (exact) mass is 272 g/mol. The molecule has 1 atom stereocenters. The first-order valence-electron chi connectivity index (χ1n) is 6.92. The molecule has 0 fully saturated rings. The Bertz CT molecular complexity index is 516. The van der Waals surface area contributed by atoms with Crippen molar-refractivity contribution in [2.45, 2.75) is 38.5 Å². The summed E-state index contributed by atoms with van der Waals surface area (Å²) in [6, 6.07) is 17.0. The molecule has 2 aromatic rings. The zero-order chi connectivity index (χ0) is 13.7. The fourth-order valence-corrected chi connectivity index (χ4v) is 2.67. The van der Waals surface area contributed by atoms with Crippen molar-refractivity contribution >= 4 is 11.6 Å². The van der Waals surface area contributed by atoms with Crippen LogP contribution in [0.25, 0.3) is 0 Å². The molecule has 0 aliphatic heterocycles. The number of hydrogen-bond donors (Lipinski definition) is 0. The predicted octanol–water partition coefficient (Wildman–Crippen LogP) is 5.61. The van der Waals surface area contributed by atoms with Gasteiger partial charge < -0.3 is 0 Å². The molecule has 0 aliphatic carbocycles. The number of aryl methyl sites for hydroxylation is 3. The Balaban J connectivity index is 1.88. The van der Waals surface area contributed by atoms with Crippen molar-refractivity contribution in [3.8, 4) is 0 Å². The third-order valence-electron chi connectivity index (χ3n) is 3.57. The predicted molar refractivity (Wildman–Crippen MR) is 83.9 cm³/mol. The highest BCUT2D eigenvalue weighted by Gasteiger charge is 2.07. The molecular weight excluding hydrogens is 252 g/mol. The van der Waals surface area contributed by atoms with Gasteiger partial charge in [-0.15, -0.1) is 11.6 Å². The first kappa shape index (κ1) is 14.1. The van der Waals surface area contributed by atoms with E-state index in [1.165, 1.54) is 22.3 Å². The molecule has 0 saturated heterocycles. The quantitative estimate of drug-likeness (QED) is 0.621. The molecule has 0 nitrogen and oxygen atoms in total. The first-order chi connectivity index (χ1) is 9.16. The summed E-state index contributed by atoms with van der Waals surface area (Å²) in [5, 5.41) is 0.131. The van der Waals surface area contributed by atoms with Gasteiger partial charge in [0.1, 0.15) is 0 Å². The van der Waals surface area contributed by atoms with Gasteiger partial charge in [0.25, 0.3) is 0 Å². The lowest BCUT2D eigenvalue weighted by molar-refractivity contribution is 0.714. The zero-order valence-corrected chi connectivity index (χ0v) is 12.5. The molecule has 1 unspecified atom stereocenters. The zero-order valence-electron chi connectivity index (χ0n) is 11.7. The van der Waals surface area contributed by atoms with Crippen LogP contribution in [0, 0.1) is 13.8 Å². The molecule has 0 aliphatic rings. The number of halogens is 1. The van der Waals surface area contributed by atoms with Crippen molar-refractivity contribution in [1.29, 1.82) is 0 Å². The average Bonchev–Trinajstić information content (AvgIpc) is 2.43. The van der Waals surface area contributed by atoms with E-state index in [9.17, 15) is 0 Å². The minimum Gasteiger partial charge on any atom is -0.118 e. The van der Waals surface area contributed by atoms with Crippen LogP contribution in [0.5, 0.6) is 0 Å². The summed E-state index contributed by atoms with van der Waals surface area (Å²) in [4.78, 5) is 0. The lowest BCUT2D eigenvalue weighted by Crippen LogP contribution is -1.95. The Kier molecular flexibility index (Phi) is 5.04. The molecular formula is C18H21Cl. The summed E-state index contributed by atoms with van der Waals surface area (Å²) in [5.74, 6) is 0. The largest absolute Gasteiger partial charge is 0.118 e. The third kappa shape index (κ3) is 4.11. The van der Waals surface area contributed by atoms with Gasteiger partial charge in [0, 0.05) is 0 Å². The van der Waals surface area contributed by atoms with E-state index in [1.807, 2.05) is 6.07 Å². The summed E-state index contributed by atoms with van der Waals surface area (Å²) >= 11 is 6.44. The number of hydrogen-bond acceptors (Lipinski definition) is 0. The molecule has 0 amide bonds. The smallest absolute Gasteiger partial charge is 0.0585 e. The Morgan fingerprint density at radius 3 is 2.47 bits per heavy atom. The third-order valence-corrected chi connectivity index (χ3v) is 4.04. The van der Waals surface area contributed by atoms with Crippen molar-refractivity contribution in [2.24, 2.45) is 0 Å². The van der Waals surface area contributed by atoms with Gasteiger partial charge in [0.2, 0.25) is 0 Å². The van der Waals surface area contributed by atoms with Crippen LogP contribution in [0.4, 0.5) is 0 Å². The van der Waals surface area contributed by atoms with E-state index >= 15 is 0 Å². The Morgan fingerprint density at radius 2 is 1.74 bits per heavy atom. The van der Waals surface area contributed by atoms with Crippen molar-refractivity contribution in [3.63, 3.8) is 0 Å². The Hall–Kier alpha value is -1.27. The van der Waals surface area contributed by atoms with E-state index < -0.39 is 0 Å². The summed E-state index contributed by atoms with van der Waals surface area (Å²) in [6.45, 7) is 4.33. The summed E-state index contributed by atoms with van der Waals surface area (Å²) in [5.41, 5.74) is 5.41. The van der Waals surface area contributed by atoms with E-state index in [4.69, 9.17) is 11.6 Å². The second kappa shape index (κ2) is 6.77. The fraction of sp³-hybridized carbons (Fsp3) is 0.333. The molecule has 0 saturated carbocycles. The van der Waals surface area contributed by atoms with Crippen LogP contribution < -0.4 is 0 Å². The van der Waals surface area contributed by atoms with E-state index in [0.29, 0.717) is 0 Å². The molecule has 1 heteroatoms. The van der Waals surface area contributed by atoms with Crippen molar-refractivity contribution in [1.82, 2.24) is 0 Å². The normalized spacial score (nSPS) is 12.4.